The van der Waals surface area contributed by atoms with Crippen molar-refractivity contribution < 1.29 is 24.2 Å². The van der Waals surface area contributed by atoms with Crippen LogP contribution in [0.2, 0.25) is 0 Å². The number of amides is 2. The number of benzene rings is 2. The van der Waals surface area contributed by atoms with Crippen molar-refractivity contribution in [2.45, 2.75) is 68.9 Å². The van der Waals surface area contributed by atoms with E-state index in [9.17, 15) is 14.4 Å². The Morgan fingerprint density at radius 1 is 1.00 bits per heavy atom. The Morgan fingerprint density at radius 3 is 2.29 bits per heavy atom. The van der Waals surface area contributed by atoms with E-state index in [0.29, 0.717) is 13.0 Å². The number of fused-ring (bicyclic) bond motifs is 3. The van der Waals surface area contributed by atoms with Gasteiger partial charge >= 0.3 is 12.1 Å². The summed E-state index contributed by atoms with van der Waals surface area (Å²) in [6.45, 7) is 0.900. The highest BCUT2D eigenvalue weighted by Crippen LogP contribution is 2.45. The molecule has 2 fully saturated rings. The smallest absolute Gasteiger partial charge is 0.407 e. The number of rotatable bonds is 8. The standard InChI is InChI=1S/C28H32N2O5/c31-25(30-16-6-5-7-19(30)12-13-26(32)33)17-28(14-15-28)29-27(34)35-18-24-22-10-3-1-8-20(22)21-9-2-4-11-23(21)24/h1-4,8-11,19,24H,5-7,12-18H2,(H,29,34)(H,32,33). The van der Waals surface area contributed by atoms with E-state index >= 15 is 0 Å². The number of nitrogens with zero attached hydrogens (tertiary/aromatic N) is 1. The number of carboxylic acid groups (broad SMARTS) is 1. The Morgan fingerprint density at radius 2 is 1.66 bits per heavy atom. The first-order valence-electron chi connectivity index (χ1n) is 12.6. The number of hydrogen-bond donors (Lipinski definition) is 2. The van der Waals surface area contributed by atoms with Crippen LogP contribution in [0.3, 0.4) is 0 Å². The molecule has 2 aliphatic carbocycles. The molecule has 7 heteroatoms. The van der Waals surface area contributed by atoms with Gasteiger partial charge in [0.25, 0.3) is 0 Å². The van der Waals surface area contributed by atoms with Crippen molar-refractivity contribution in [2.75, 3.05) is 13.2 Å². The SMILES string of the molecule is O=C(O)CCC1CCCCN1C(=O)CC1(NC(=O)OCC2c3ccccc3-c3ccccc32)CC1. The highest BCUT2D eigenvalue weighted by atomic mass is 16.5. The zero-order chi connectivity index (χ0) is 24.4. The lowest BCUT2D eigenvalue weighted by Gasteiger charge is -2.36. The van der Waals surface area contributed by atoms with Gasteiger partial charge in [0.05, 0.1) is 12.0 Å². The molecule has 1 saturated carbocycles. The summed E-state index contributed by atoms with van der Waals surface area (Å²) in [5.41, 5.74) is 4.14. The average molecular weight is 477 g/mol. The van der Waals surface area contributed by atoms with Crippen LogP contribution in [0.4, 0.5) is 4.79 Å². The molecule has 1 saturated heterocycles. The molecule has 5 rings (SSSR count). The van der Waals surface area contributed by atoms with E-state index in [1.165, 1.54) is 11.1 Å². The van der Waals surface area contributed by atoms with Crippen LogP contribution < -0.4 is 5.32 Å². The first kappa shape index (κ1) is 23.4. The third kappa shape index (κ3) is 5.04. The molecule has 3 aliphatic rings. The van der Waals surface area contributed by atoms with Gasteiger partial charge in [-0.2, -0.15) is 0 Å². The molecule has 1 atom stereocenters. The fourth-order valence-electron chi connectivity index (χ4n) is 5.66. The average Bonchev–Trinajstić information content (AvgIpc) is 3.53. The van der Waals surface area contributed by atoms with E-state index in [1.807, 2.05) is 29.2 Å². The number of likely N-dealkylation sites (tertiary alicyclic amines) is 1. The quantitative estimate of drug-likeness (QED) is 0.576. The fourth-order valence-corrected chi connectivity index (χ4v) is 5.66. The lowest BCUT2D eigenvalue weighted by atomic mass is 9.96. The zero-order valence-corrected chi connectivity index (χ0v) is 19.9. The number of carboxylic acids is 1. The Balaban J connectivity index is 1.18. The van der Waals surface area contributed by atoms with E-state index in [-0.39, 0.29) is 37.3 Å². The van der Waals surface area contributed by atoms with E-state index in [0.717, 1.165) is 43.2 Å². The van der Waals surface area contributed by atoms with Crippen molar-refractivity contribution >= 4 is 18.0 Å². The minimum absolute atomic E-state index is 0.00321. The number of hydrogen-bond acceptors (Lipinski definition) is 4. The maximum atomic E-state index is 13.1. The van der Waals surface area contributed by atoms with Gasteiger partial charge in [-0.25, -0.2) is 4.79 Å². The first-order valence-corrected chi connectivity index (χ1v) is 12.6. The predicted octanol–water partition coefficient (Wildman–Crippen LogP) is 4.69. The Bertz CT molecular complexity index is 1080. The highest BCUT2D eigenvalue weighted by molar-refractivity contribution is 5.81. The molecular weight excluding hydrogens is 444 g/mol. The molecule has 2 aromatic rings. The summed E-state index contributed by atoms with van der Waals surface area (Å²) in [6.07, 6.45) is 4.57. The predicted molar refractivity (Wildman–Crippen MR) is 131 cm³/mol. The van der Waals surface area contributed by atoms with Gasteiger partial charge in [-0.3, -0.25) is 9.59 Å². The van der Waals surface area contributed by atoms with Crippen molar-refractivity contribution in [3.8, 4) is 11.1 Å². The Labute approximate surface area is 205 Å². The zero-order valence-electron chi connectivity index (χ0n) is 19.9. The van der Waals surface area contributed by atoms with Crippen LogP contribution >= 0.6 is 0 Å². The van der Waals surface area contributed by atoms with Crippen molar-refractivity contribution in [1.29, 1.82) is 0 Å². The third-order valence-corrected chi connectivity index (χ3v) is 7.69. The number of ether oxygens (including phenoxy) is 1. The van der Waals surface area contributed by atoms with Crippen LogP contribution in [-0.2, 0) is 14.3 Å². The van der Waals surface area contributed by atoms with E-state index < -0.39 is 17.6 Å². The third-order valence-electron chi connectivity index (χ3n) is 7.69. The largest absolute Gasteiger partial charge is 0.481 e. The lowest BCUT2D eigenvalue weighted by Crippen LogP contribution is -2.48. The van der Waals surface area contributed by atoms with Gasteiger partial charge in [-0.05, 0) is 60.8 Å². The molecule has 7 nitrogen and oxygen atoms in total. The Hall–Kier alpha value is -3.35. The van der Waals surface area contributed by atoms with Crippen LogP contribution in [0.15, 0.2) is 48.5 Å². The van der Waals surface area contributed by atoms with Crippen LogP contribution in [-0.4, -0.2) is 52.7 Å². The molecule has 0 aromatic heterocycles. The number of piperidine rings is 1. The first-order chi connectivity index (χ1) is 17.0. The summed E-state index contributed by atoms with van der Waals surface area (Å²) >= 11 is 0. The fraction of sp³-hybridized carbons (Fsp3) is 0.464. The van der Waals surface area contributed by atoms with Gasteiger partial charge < -0.3 is 20.1 Å². The summed E-state index contributed by atoms with van der Waals surface area (Å²) in [4.78, 5) is 38.7. The summed E-state index contributed by atoms with van der Waals surface area (Å²) in [5, 5.41) is 12.0. The van der Waals surface area contributed by atoms with Crippen LogP contribution in [0.1, 0.15) is 68.4 Å². The molecule has 1 aliphatic heterocycles. The van der Waals surface area contributed by atoms with Gasteiger partial charge in [0.15, 0.2) is 0 Å². The monoisotopic (exact) mass is 476 g/mol. The second-order valence-electron chi connectivity index (χ2n) is 10.1. The second-order valence-corrected chi connectivity index (χ2v) is 10.1. The molecule has 0 radical (unpaired) electrons. The maximum Gasteiger partial charge on any atom is 0.407 e. The summed E-state index contributed by atoms with van der Waals surface area (Å²) in [5.74, 6) is -0.844. The molecule has 1 unspecified atom stereocenters. The lowest BCUT2D eigenvalue weighted by molar-refractivity contribution is -0.140. The van der Waals surface area contributed by atoms with Gasteiger partial charge in [0.2, 0.25) is 5.91 Å². The minimum Gasteiger partial charge on any atom is -0.481 e. The second kappa shape index (κ2) is 9.72. The van der Waals surface area contributed by atoms with Gasteiger partial charge in [-0.1, -0.05) is 48.5 Å². The highest BCUT2D eigenvalue weighted by Gasteiger charge is 2.47. The van der Waals surface area contributed by atoms with E-state index in [4.69, 9.17) is 9.84 Å². The minimum atomic E-state index is -0.835. The molecular formula is C28H32N2O5. The topological polar surface area (TPSA) is 95.9 Å². The van der Waals surface area contributed by atoms with Crippen molar-refractivity contribution in [3.63, 3.8) is 0 Å². The molecule has 1 heterocycles. The number of carbonyl (C=O) groups is 3. The molecule has 35 heavy (non-hydrogen) atoms. The van der Waals surface area contributed by atoms with E-state index in [2.05, 4.69) is 29.6 Å². The van der Waals surface area contributed by atoms with Crippen molar-refractivity contribution in [2.24, 2.45) is 0 Å². The number of nitrogens with one attached hydrogen (secondary N) is 1. The van der Waals surface area contributed by atoms with E-state index in [1.54, 1.807) is 0 Å². The van der Waals surface area contributed by atoms with Crippen LogP contribution in [0.5, 0.6) is 0 Å². The van der Waals surface area contributed by atoms with Gasteiger partial charge in [0.1, 0.15) is 6.61 Å². The van der Waals surface area contributed by atoms with Crippen molar-refractivity contribution in [3.05, 3.63) is 59.7 Å². The molecule has 2 aromatic carbocycles. The molecule has 184 valence electrons. The number of aliphatic carboxylic acids is 1. The molecule has 2 amide bonds. The van der Waals surface area contributed by atoms with Gasteiger partial charge in [0, 0.05) is 24.9 Å². The maximum absolute atomic E-state index is 13.1. The van der Waals surface area contributed by atoms with Crippen molar-refractivity contribution in [1.82, 2.24) is 10.2 Å². The molecule has 2 N–H and O–H groups in total. The van der Waals surface area contributed by atoms with Crippen LogP contribution in [0, 0.1) is 0 Å². The molecule has 0 spiro atoms. The summed E-state index contributed by atoms with van der Waals surface area (Å²) < 4.78 is 5.69. The normalized spacial score (nSPS) is 20.0. The van der Waals surface area contributed by atoms with Gasteiger partial charge in [-0.15, -0.1) is 0 Å². The summed E-state index contributed by atoms with van der Waals surface area (Å²) in [7, 11) is 0. The Kier molecular flexibility index (Phi) is 6.50. The molecule has 0 bridgehead atoms. The number of alkyl carbamates (subject to hydrolysis) is 1. The van der Waals surface area contributed by atoms with Crippen LogP contribution in [0.25, 0.3) is 11.1 Å². The summed E-state index contributed by atoms with van der Waals surface area (Å²) in [6, 6.07) is 16.4. The number of carbonyl (C=O) groups excluding carboxylic acids is 2.